The number of hydrogen-bond donors (Lipinski definition) is 0. The van der Waals surface area contributed by atoms with E-state index >= 15 is 0 Å². The van der Waals surface area contributed by atoms with Gasteiger partial charge in [0.25, 0.3) is 0 Å². The van der Waals surface area contributed by atoms with Gasteiger partial charge in [-0.05, 0) is 59.8 Å². The summed E-state index contributed by atoms with van der Waals surface area (Å²) in [6.07, 6.45) is 0. The number of benzene rings is 3. The monoisotopic (exact) mass is 454 g/mol. The molecule has 168 valence electrons. The number of sulfonamides is 1. The molecule has 3 aromatic carbocycles. The van der Waals surface area contributed by atoms with Gasteiger partial charge in [-0.3, -0.25) is 0 Å². The molecule has 1 aliphatic rings. The van der Waals surface area contributed by atoms with E-state index in [0.717, 1.165) is 22.1 Å². The molecule has 0 saturated carbocycles. The maximum Gasteiger partial charge on any atom is 0.338 e. The van der Waals surface area contributed by atoms with Crippen LogP contribution in [0.25, 0.3) is 10.8 Å². The maximum atomic E-state index is 13.0. The third-order valence-electron chi connectivity index (χ3n) is 5.65. The van der Waals surface area contributed by atoms with Crippen molar-refractivity contribution in [2.75, 3.05) is 40.3 Å². The number of hydrogen-bond acceptors (Lipinski definition) is 6. The van der Waals surface area contributed by atoms with Crippen molar-refractivity contribution in [1.29, 1.82) is 0 Å². The highest BCUT2D eigenvalue weighted by molar-refractivity contribution is 7.89. The second-order valence-corrected chi connectivity index (χ2v) is 9.80. The number of esters is 1. The minimum absolute atomic E-state index is 0.0935. The van der Waals surface area contributed by atoms with Crippen molar-refractivity contribution >= 4 is 26.8 Å². The van der Waals surface area contributed by atoms with Gasteiger partial charge in [-0.2, -0.15) is 4.31 Å². The number of likely N-dealkylation sites (N-methyl/N-ethyl adjacent to an activating group) is 1. The lowest BCUT2D eigenvalue weighted by Crippen LogP contribution is -2.47. The van der Waals surface area contributed by atoms with Gasteiger partial charge in [-0.15, -0.1) is 0 Å². The highest BCUT2D eigenvalue weighted by atomic mass is 32.2. The summed E-state index contributed by atoms with van der Waals surface area (Å²) in [5.74, 6) is 0.221. The summed E-state index contributed by atoms with van der Waals surface area (Å²) in [5, 5.41) is 2.04. The van der Waals surface area contributed by atoms with E-state index < -0.39 is 16.0 Å². The van der Waals surface area contributed by atoms with Gasteiger partial charge in [-0.25, -0.2) is 13.2 Å². The van der Waals surface area contributed by atoms with E-state index in [0.29, 0.717) is 26.2 Å². The Kier molecular flexibility index (Phi) is 6.45. The Morgan fingerprint density at radius 1 is 0.938 bits per heavy atom. The quantitative estimate of drug-likeness (QED) is 0.533. The molecule has 32 heavy (non-hydrogen) atoms. The average molecular weight is 455 g/mol. The molecular formula is C24H26N2O5S. The zero-order valence-corrected chi connectivity index (χ0v) is 19.0. The number of fused-ring (bicyclic) bond motifs is 1. The lowest BCUT2D eigenvalue weighted by atomic mass is 10.1. The molecule has 1 fully saturated rings. The van der Waals surface area contributed by atoms with Crippen LogP contribution in [0.4, 0.5) is 0 Å². The third-order valence-corrected chi connectivity index (χ3v) is 7.55. The van der Waals surface area contributed by atoms with E-state index in [1.54, 1.807) is 19.2 Å². The average Bonchev–Trinajstić information content (AvgIpc) is 2.82. The third kappa shape index (κ3) is 4.77. The normalized spacial score (nSPS) is 15.6. The number of ether oxygens (including phenoxy) is 2. The summed E-state index contributed by atoms with van der Waals surface area (Å²) in [5.41, 5.74) is 1.06. The standard InChI is InChI=1S/C24H26N2O5S/c1-25-10-12-26(13-11-25)32(28,29)23-5-3-4-21(16-23)24(27)31-17-18-6-7-20-15-22(30-2)9-8-19(20)14-18/h3-9,14-16H,10-13,17H2,1-2H3. The summed E-state index contributed by atoms with van der Waals surface area (Å²) in [4.78, 5) is 14.8. The van der Waals surface area contributed by atoms with Crippen LogP contribution in [0.2, 0.25) is 0 Å². The SMILES string of the molecule is COc1ccc2cc(COC(=O)c3cccc(S(=O)(=O)N4CCN(C)CC4)c3)ccc2c1. The molecule has 4 rings (SSSR count). The summed E-state index contributed by atoms with van der Waals surface area (Å²) in [6.45, 7) is 2.32. The van der Waals surface area contributed by atoms with E-state index in [1.165, 1.54) is 16.4 Å². The Morgan fingerprint density at radius 3 is 2.41 bits per heavy atom. The minimum Gasteiger partial charge on any atom is -0.497 e. The Labute approximate surface area is 188 Å². The lowest BCUT2D eigenvalue weighted by Gasteiger charge is -2.31. The number of carbonyl (C=O) groups excluding carboxylic acids is 1. The van der Waals surface area contributed by atoms with Crippen LogP contribution in [0.3, 0.4) is 0 Å². The van der Waals surface area contributed by atoms with Crippen LogP contribution < -0.4 is 4.74 Å². The predicted octanol–water partition coefficient (Wildman–Crippen LogP) is 3.14. The first-order valence-corrected chi connectivity index (χ1v) is 11.8. The summed E-state index contributed by atoms with van der Waals surface area (Å²) >= 11 is 0. The number of nitrogens with zero attached hydrogens (tertiary/aromatic N) is 2. The van der Waals surface area contributed by atoms with Crippen LogP contribution >= 0.6 is 0 Å². The van der Waals surface area contributed by atoms with E-state index in [-0.39, 0.29) is 17.1 Å². The molecule has 0 N–H and O–H groups in total. The molecule has 0 aliphatic carbocycles. The minimum atomic E-state index is -3.65. The van der Waals surface area contributed by atoms with Gasteiger partial charge in [0, 0.05) is 26.2 Å². The Balaban J connectivity index is 1.45. The fraction of sp³-hybridized carbons (Fsp3) is 0.292. The van der Waals surface area contributed by atoms with E-state index in [2.05, 4.69) is 4.90 Å². The van der Waals surface area contributed by atoms with Crippen molar-refractivity contribution in [3.63, 3.8) is 0 Å². The Bertz CT molecular complexity index is 1230. The molecule has 0 spiro atoms. The topological polar surface area (TPSA) is 76.1 Å². The van der Waals surface area contributed by atoms with Crippen molar-refractivity contribution in [3.8, 4) is 5.75 Å². The van der Waals surface area contributed by atoms with Gasteiger partial charge < -0.3 is 14.4 Å². The molecule has 3 aromatic rings. The number of carbonyl (C=O) groups is 1. The van der Waals surface area contributed by atoms with Crippen LogP contribution in [0.5, 0.6) is 5.75 Å². The van der Waals surface area contributed by atoms with Crippen molar-refractivity contribution in [3.05, 3.63) is 71.8 Å². The highest BCUT2D eigenvalue weighted by Crippen LogP contribution is 2.23. The molecule has 7 nitrogen and oxygen atoms in total. The molecule has 1 saturated heterocycles. The number of methoxy groups -OCH3 is 1. The first kappa shape index (κ1) is 22.3. The van der Waals surface area contributed by atoms with Crippen LogP contribution in [0.1, 0.15) is 15.9 Å². The van der Waals surface area contributed by atoms with Crippen molar-refractivity contribution < 1.29 is 22.7 Å². The van der Waals surface area contributed by atoms with E-state index in [9.17, 15) is 13.2 Å². The van der Waals surface area contributed by atoms with E-state index in [1.807, 2.05) is 43.4 Å². The van der Waals surface area contributed by atoms with Crippen molar-refractivity contribution in [2.24, 2.45) is 0 Å². The van der Waals surface area contributed by atoms with Crippen LogP contribution in [0.15, 0.2) is 65.6 Å². The summed E-state index contributed by atoms with van der Waals surface area (Å²) in [6, 6.07) is 17.6. The first-order chi connectivity index (χ1) is 15.4. The second kappa shape index (κ2) is 9.28. The summed E-state index contributed by atoms with van der Waals surface area (Å²) in [7, 11) is -0.0594. The molecule has 1 aliphatic heterocycles. The van der Waals surface area contributed by atoms with Gasteiger partial charge in [-0.1, -0.05) is 24.3 Å². The Hall–Kier alpha value is -2.94. The van der Waals surface area contributed by atoms with Crippen molar-refractivity contribution in [1.82, 2.24) is 9.21 Å². The largest absolute Gasteiger partial charge is 0.497 e. The number of piperazine rings is 1. The van der Waals surface area contributed by atoms with Gasteiger partial charge in [0.2, 0.25) is 10.0 Å². The molecule has 8 heteroatoms. The molecule has 0 radical (unpaired) electrons. The second-order valence-electron chi connectivity index (χ2n) is 7.86. The maximum absolute atomic E-state index is 13.0. The molecule has 0 amide bonds. The molecule has 0 aromatic heterocycles. The van der Waals surface area contributed by atoms with Crippen molar-refractivity contribution in [2.45, 2.75) is 11.5 Å². The van der Waals surface area contributed by atoms with Crippen LogP contribution in [0, 0.1) is 0 Å². The van der Waals surface area contributed by atoms with Crippen LogP contribution in [-0.2, 0) is 21.4 Å². The molecular weight excluding hydrogens is 428 g/mol. The van der Waals surface area contributed by atoms with Gasteiger partial charge in [0.15, 0.2) is 0 Å². The van der Waals surface area contributed by atoms with Gasteiger partial charge in [0.1, 0.15) is 12.4 Å². The lowest BCUT2D eigenvalue weighted by molar-refractivity contribution is 0.0472. The molecule has 1 heterocycles. The van der Waals surface area contributed by atoms with Crippen LogP contribution in [-0.4, -0.2) is 63.9 Å². The predicted molar refractivity (Wildman–Crippen MR) is 122 cm³/mol. The number of rotatable bonds is 6. The zero-order valence-electron chi connectivity index (χ0n) is 18.2. The molecule has 0 bridgehead atoms. The van der Waals surface area contributed by atoms with Gasteiger partial charge in [0.05, 0.1) is 17.6 Å². The van der Waals surface area contributed by atoms with E-state index in [4.69, 9.17) is 9.47 Å². The fourth-order valence-electron chi connectivity index (χ4n) is 3.68. The van der Waals surface area contributed by atoms with Gasteiger partial charge >= 0.3 is 5.97 Å². The zero-order chi connectivity index (χ0) is 22.7. The summed E-state index contributed by atoms with van der Waals surface area (Å²) < 4.78 is 38.1. The fourth-order valence-corrected chi connectivity index (χ4v) is 5.15. The Morgan fingerprint density at radius 2 is 1.66 bits per heavy atom. The highest BCUT2D eigenvalue weighted by Gasteiger charge is 2.28. The smallest absolute Gasteiger partial charge is 0.338 e. The first-order valence-electron chi connectivity index (χ1n) is 10.4. The molecule has 0 atom stereocenters. The molecule has 0 unspecified atom stereocenters.